The van der Waals surface area contributed by atoms with Crippen LogP contribution in [0.25, 0.3) is 0 Å². The summed E-state index contributed by atoms with van der Waals surface area (Å²) in [5.74, 6) is 0. The summed E-state index contributed by atoms with van der Waals surface area (Å²) >= 11 is 0. The predicted molar refractivity (Wildman–Crippen MR) is 47.1 cm³/mol. The Balaban J connectivity index is 0.000000221. The third-order valence-corrected chi connectivity index (χ3v) is 1.13. The van der Waals surface area contributed by atoms with Crippen molar-refractivity contribution in [1.29, 1.82) is 0 Å². The van der Waals surface area contributed by atoms with Gasteiger partial charge in [0.25, 0.3) is 0 Å². The molecule has 11 nitrogen and oxygen atoms in total. The van der Waals surface area contributed by atoms with Gasteiger partial charge in [-0.1, -0.05) is 0 Å². The molecule has 0 saturated carbocycles. The van der Waals surface area contributed by atoms with Crippen molar-refractivity contribution >= 4 is 37.1 Å². The Morgan fingerprint density at radius 3 is 1.25 bits per heavy atom. The van der Waals surface area contributed by atoms with Gasteiger partial charge in [0.15, 0.2) is 0 Å². The zero-order valence-corrected chi connectivity index (χ0v) is 8.34. The van der Waals surface area contributed by atoms with Gasteiger partial charge in [0.05, 0.1) is 0 Å². The third-order valence-electron chi connectivity index (χ3n) is 1.13. The van der Waals surface area contributed by atoms with Gasteiger partial charge in [-0.15, -0.1) is 0 Å². The first-order valence-electron chi connectivity index (χ1n) is 3.66. The molecule has 2 aliphatic rings. The van der Waals surface area contributed by atoms with E-state index in [1.54, 1.807) is 0 Å². The van der Waals surface area contributed by atoms with E-state index >= 15 is 0 Å². The summed E-state index contributed by atoms with van der Waals surface area (Å²) in [5.41, 5.74) is 0. The van der Waals surface area contributed by atoms with Gasteiger partial charge in [0, 0.05) is 0 Å². The average molecular weight is 255 g/mol. The number of hydrogen-bond acceptors (Lipinski definition) is 8. The summed E-state index contributed by atoms with van der Waals surface area (Å²) in [7, 11) is -9.84. The van der Waals surface area contributed by atoms with Gasteiger partial charge in [-0.25, -0.2) is 4.57 Å². The number of hydrogen-bond donors (Lipinski definition) is 5. The van der Waals surface area contributed by atoms with Crippen molar-refractivity contribution < 1.29 is 52.2 Å². The van der Waals surface area contributed by atoms with Crippen LogP contribution in [0.15, 0.2) is 0 Å². The van der Waals surface area contributed by atoms with Crippen molar-refractivity contribution in [3.05, 3.63) is 0 Å². The Morgan fingerprint density at radius 1 is 0.750 bits per heavy atom. The van der Waals surface area contributed by atoms with E-state index in [9.17, 15) is 0 Å². The molecule has 88 valence electrons. The van der Waals surface area contributed by atoms with Crippen molar-refractivity contribution in [2.45, 2.75) is 0 Å². The summed E-state index contributed by atoms with van der Waals surface area (Å²) in [6, 6.07) is 0. The van der Waals surface area contributed by atoms with Crippen molar-refractivity contribution in [1.82, 2.24) is 0 Å². The zero-order valence-electron chi connectivity index (χ0n) is 7.44. The topological polar surface area (TPSA) is 164 Å². The van der Waals surface area contributed by atoms with Crippen LogP contribution >= 0.6 is 7.82 Å². The Morgan fingerprint density at radius 2 is 1.00 bits per heavy atom. The summed E-state index contributed by atoms with van der Waals surface area (Å²) < 4.78 is 31.4. The van der Waals surface area contributed by atoms with Gasteiger partial charge in [-0.3, -0.25) is 0 Å². The molecular weight excluding hydrogens is 250 g/mol. The molecular formula is H5B4O11P. The molecule has 0 aromatic heterocycles. The van der Waals surface area contributed by atoms with Crippen LogP contribution in [-0.2, 0) is 27.4 Å². The van der Waals surface area contributed by atoms with Gasteiger partial charge in [-0.05, 0) is 0 Å². The molecule has 2 bridgehead atoms. The average Bonchev–Trinajstić information content (AvgIpc) is 1.95. The van der Waals surface area contributed by atoms with Crippen LogP contribution in [0.4, 0.5) is 0 Å². The van der Waals surface area contributed by atoms with Gasteiger partial charge < -0.3 is 47.6 Å². The zero-order chi connectivity index (χ0) is 12.3. The van der Waals surface area contributed by atoms with Crippen LogP contribution in [0.5, 0.6) is 0 Å². The fourth-order valence-corrected chi connectivity index (χ4v) is 0.728. The lowest BCUT2D eigenvalue weighted by molar-refractivity contribution is 0.0834. The predicted octanol–water partition coefficient (Wildman–Crippen LogP) is -3.91. The molecule has 0 radical (unpaired) electrons. The van der Waals surface area contributed by atoms with E-state index in [4.69, 9.17) is 29.3 Å². The first-order valence-corrected chi connectivity index (χ1v) is 5.22. The van der Waals surface area contributed by atoms with Crippen LogP contribution in [0.3, 0.4) is 0 Å². The molecule has 0 aliphatic carbocycles. The Labute approximate surface area is 90.2 Å². The second kappa shape index (κ2) is 5.62. The maximum absolute atomic E-state index is 8.88. The monoisotopic (exact) mass is 256 g/mol. The molecule has 2 heterocycles. The lowest BCUT2D eigenvalue weighted by Crippen LogP contribution is -2.59. The third kappa shape index (κ3) is 5.98. The highest BCUT2D eigenvalue weighted by Crippen LogP contribution is 2.25. The quantitative estimate of drug-likeness (QED) is 0.212. The first-order chi connectivity index (χ1) is 7.24. The number of rotatable bonds is 0. The van der Waals surface area contributed by atoms with Crippen LogP contribution in [-0.4, -0.2) is 54.0 Å². The molecule has 16 heavy (non-hydrogen) atoms. The molecule has 0 aromatic rings. The minimum atomic E-state index is -4.64. The molecule has 0 unspecified atom stereocenters. The lowest BCUT2D eigenvalue weighted by atomic mass is 9.90. The minimum absolute atomic E-state index is 1.15. The molecule has 0 spiro atoms. The highest BCUT2D eigenvalue weighted by atomic mass is 31.2. The van der Waals surface area contributed by atoms with Crippen LogP contribution in [0, 0.1) is 0 Å². The summed E-state index contributed by atoms with van der Waals surface area (Å²) in [6.45, 7) is 0. The number of phosphoric acid groups is 1. The lowest BCUT2D eigenvalue weighted by Gasteiger charge is -2.31. The van der Waals surface area contributed by atoms with Crippen molar-refractivity contribution in [2.75, 3.05) is 0 Å². The Hall–Kier alpha value is 0.0897. The molecule has 2 saturated heterocycles. The van der Waals surface area contributed by atoms with Crippen LogP contribution in [0.2, 0.25) is 0 Å². The molecule has 16 heteroatoms. The summed E-state index contributed by atoms with van der Waals surface area (Å²) in [6.07, 6.45) is 0. The van der Waals surface area contributed by atoms with Gasteiger partial charge in [0.2, 0.25) is 0 Å². The fraction of sp³-hybridized carbons (Fsp3) is 0. The highest BCUT2D eigenvalue weighted by molar-refractivity contribution is 7.45. The Bertz CT molecular complexity index is 221. The maximum Gasteiger partial charge on any atom is 0.612 e. The Kier molecular flexibility index (Phi) is 4.97. The molecule has 2 rings (SSSR count). The largest absolute Gasteiger partial charge is 0.612 e. The van der Waals surface area contributed by atoms with E-state index in [-0.39, 0.29) is 0 Å². The summed E-state index contributed by atoms with van der Waals surface area (Å²) in [5, 5.41) is 17.5. The molecule has 5 N–H and O–H groups in total. The van der Waals surface area contributed by atoms with Gasteiger partial charge in [-0.2, -0.15) is 0 Å². The van der Waals surface area contributed by atoms with Crippen LogP contribution < -0.4 is 0 Å². The van der Waals surface area contributed by atoms with E-state index in [1.165, 1.54) is 0 Å². The highest BCUT2D eigenvalue weighted by Gasteiger charge is 2.52. The second-order valence-electron chi connectivity index (χ2n) is 2.39. The van der Waals surface area contributed by atoms with E-state index in [2.05, 4.69) is 22.9 Å². The van der Waals surface area contributed by atoms with E-state index in [1.807, 2.05) is 0 Å². The molecule has 0 atom stereocenters. The molecule has 0 amide bonds. The second-order valence-corrected chi connectivity index (χ2v) is 3.41. The van der Waals surface area contributed by atoms with Crippen molar-refractivity contribution in [3.8, 4) is 0 Å². The summed E-state index contributed by atoms with van der Waals surface area (Å²) in [4.78, 5) is 21.6. The maximum atomic E-state index is 8.88. The van der Waals surface area contributed by atoms with E-state index in [0.29, 0.717) is 0 Å². The van der Waals surface area contributed by atoms with E-state index < -0.39 is 37.1 Å². The smallest absolute Gasteiger partial charge is 0.403 e. The van der Waals surface area contributed by atoms with Gasteiger partial charge in [0.1, 0.15) is 0 Å². The molecule has 2 fully saturated rings. The molecule has 0 aromatic carbocycles. The fourth-order valence-electron chi connectivity index (χ4n) is 0.728. The number of fused-ring (bicyclic) bond motifs is 2. The first kappa shape index (κ1) is 14.2. The molecule has 2 aliphatic heterocycles. The normalized spacial score (nSPS) is 20.6. The van der Waals surface area contributed by atoms with Crippen molar-refractivity contribution in [3.63, 3.8) is 0 Å². The van der Waals surface area contributed by atoms with E-state index in [0.717, 1.165) is 0 Å². The standard InChI is InChI=1S/B4H2O7.H3O4P/c5-1-7-3-9-2(6)10-4(8-1)11-3;1-5(2,3)4/h5-6H;(H3,1,2,3,4). The van der Waals surface area contributed by atoms with Crippen molar-refractivity contribution in [2.24, 2.45) is 0 Å². The van der Waals surface area contributed by atoms with Crippen LogP contribution in [0.1, 0.15) is 0 Å². The van der Waals surface area contributed by atoms with Gasteiger partial charge >= 0.3 is 37.1 Å². The minimum Gasteiger partial charge on any atom is -0.403 e. The SMILES string of the molecule is O=P(O)(O)O.OB1OB2OB(O)OB(O1)O2.